The molecule has 2 aromatic rings. The second kappa shape index (κ2) is 9.18. The summed E-state index contributed by atoms with van der Waals surface area (Å²) in [7, 11) is 0. The molecular formula is C21H23N3O5. The number of anilines is 2. The van der Waals surface area contributed by atoms with E-state index in [1.165, 1.54) is 12.1 Å². The number of nitrogens with zero attached hydrogens (tertiary/aromatic N) is 2. The number of nitro benzene ring substituents is 1. The van der Waals surface area contributed by atoms with Gasteiger partial charge in [0, 0.05) is 30.9 Å². The van der Waals surface area contributed by atoms with Gasteiger partial charge in [0.15, 0.2) is 6.61 Å². The third kappa shape index (κ3) is 5.10. The molecule has 152 valence electrons. The summed E-state index contributed by atoms with van der Waals surface area (Å²) in [6.07, 6.45) is 2.82. The van der Waals surface area contributed by atoms with Crippen LogP contribution in [0.25, 0.3) is 0 Å². The average Bonchev–Trinajstić information content (AvgIpc) is 3.26. The summed E-state index contributed by atoms with van der Waals surface area (Å²) in [6, 6.07) is 11.5. The molecule has 1 heterocycles. The summed E-state index contributed by atoms with van der Waals surface area (Å²) in [5, 5.41) is 13.8. The molecule has 1 aliphatic rings. The molecule has 2 aromatic carbocycles. The molecule has 0 radical (unpaired) electrons. The third-order valence-electron chi connectivity index (χ3n) is 4.81. The van der Waals surface area contributed by atoms with Gasteiger partial charge in [-0.25, -0.2) is 4.79 Å². The van der Waals surface area contributed by atoms with E-state index in [1.807, 2.05) is 30.0 Å². The van der Waals surface area contributed by atoms with E-state index in [9.17, 15) is 19.7 Å². The zero-order chi connectivity index (χ0) is 20.8. The maximum absolute atomic E-state index is 12.6. The molecule has 1 N–H and O–H groups in total. The van der Waals surface area contributed by atoms with Gasteiger partial charge in [-0.15, -0.1) is 0 Å². The smallest absolute Gasteiger partial charge is 0.341 e. The zero-order valence-electron chi connectivity index (χ0n) is 16.2. The largest absolute Gasteiger partial charge is 0.452 e. The normalized spacial score (nSPS) is 13.2. The highest BCUT2D eigenvalue weighted by Gasteiger charge is 2.24. The molecule has 0 saturated carbocycles. The molecule has 0 unspecified atom stereocenters. The molecule has 1 saturated heterocycles. The van der Waals surface area contributed by atoms with Crippen molar-refractivity contribution in [3.05, 3.63) is 63.7 Å². The Morgan fingerprint density at radius 2 is 1.93 bits per heavy atom. The highest BCUT2D eigenvalue weighted by Crippen LogP contribution is 2.29. The Kier molecular flexibility index (Phi) is 6.43. The Labute approximate surface area is 168 Å². The number of non-ortho nitro benzene ring substituents is 1. The summed E-state index contributed by atoms with van der Waals surface area (Å²) >= 11 is 0. The van der Waals surface area contributed by atoms with Crippen molar-refractivity contribution < 1.29 is 19.2 Å². The average molecular weight is 397 g/mol. The Morgan fingerprint density at radius 1 is 1.17 bits per heavy atom. The van der Waals surface area contributed by atoms with E-state index in [2.05, 4.69) is 5.32 Å². The summed E-state index contributed by atoms with van der Waals surface area (Å²) in [4.78, 5) is 37.3. The van der Waals surface area contributed by atoms with Gasteiger partial charge in [-0.2, -0.15) is 0 Å². The lowest BCUT2D eigenvalue weighted by molar-refractivity contribution is -0.384. The molecule has 8 heteroatoms. The van der Waals surface area contributed by atoms with Crippen LogP contribution in [0, 0.1) is 10.1 Å². The minimum atomic E-state index is -0.756. The van der Waals surface area contributed by atoms with E-state index >= 15 is 0 Å². The number of carbonyl (C=O) groups excluding carboxylic acids is 2. The number of aryl methyl sites for hydroxylation is 1. The highest BCUT2D eigenvalue weighted by atomic mass is 16.6. The van der Waals surface area contributed by atoms with Crippen LogP contribution in [0.3, 0.4) is 0 Å². The fraction of sp³-hybridized carbons (Fsp3) is 0.333. The number of hydrogen-bond acceptors (Lipinski definition) is 6. The van der Waals surface area contributed by atoms with Crippen molar-refractivity contribution in [3.63, 3.8) is 0 Å². The van der Waals surface area contributed by atoms with E-state index in [-0.39, 0.29) is 11.3 Å². The van der Waals surface area contributed by atoms with Crippen LogP contribution in [0.5, 0.6) is 0 Å². The van der Waals surface area contributed by atoms with E-state index in [1.54, 1.807) is 12.1 Å². The van der Waals surface area contributed by atoms with Gasteiger partial charge in [-0.05, 0) is 43.0 Å². The highest BCUT2D eigenvalue weighted by molar-refractivity contribution is 5.99. The van der Waals surface area contributed by atoms with Crippen molar-refractivity contribution >= 4 is 28.9 Å². The fourth-order valence-corrected chi connectivity index (χ4v) is 3.31. The van der Waals surface area contributed by atoms with E-state index in [0.29, 0.717) is 11.4 Å². The lowest BCUT2D eigenvalue weighted by atomic mass is 10.1. The van der Waals surface area contributed by atoms with E-state index < -0.39 is 23.4 Å². The second-order valence-electron chi connectivity index (χ2n) is 6.83. The zero-order valence-corrected chi connectivity index (χ0v) is 16.2. The Balaban J connectivity index is 1.69. The quantitative estimate of drug-likeness (QED) is 0.435. The number of nitro groups is 1. The van der Waals surface area contributed by atoms with Gasteiger partial charge in [0.25, 0.3) is 11.6 Å². The standard InChI is InChI=1S/C21H23N3O5/c1-2-15-6-5-7-16(12-15)22-20(25)14-29-21(26)18-13-17(24(27)28)8-9-19(18)23-10-3-4-11-23/h5-9,12-13H,2-4,10-11,14H2,1H3,(H,22,25). The number of benzene rings is 2. The minimum absolute atomic E-state index is 0.0990. The van der Waals surface area contributed by atoms with Crippen molar-refractivity contribution in [1.29, 1.82) is 0 Å². The lowest BCUT2D eigenvalue weighted by Crippen LogP contribution is -2.24. The van der Waals surface area contributed by atoms with Crippen molar-refractivity contribution in [1.82, 2.24) is 0 Å². The molecule has 0 aliphatic carbocycles. The van der Waals surface area contributed by atoms with Gasteiger partial charge in [-0.3, -0.25) is 14.9 Å². The van der Waals surface area contributed by atoms with Crippen LogP contribution >= 0.6 is 0 Å². The van der Waals surface area contributed by atoms with Gasteiger partial charge >= 0.3 is 5.97 Å². The lowest BCUT2D eigenvalue weighted by Gasteiger charge is -2.20. The first-order valence-electron chi connectivity index (χ1n) is 9.57. The van der Waals surface area contributed by atoms with Crippen molar-refractivity contribution in [2.45, 2.75) is 26.2 Å². The van der Waals surface area contributed by atoms with Crippen LogP contribution in [0.4, 0.5) is 17.1 Å². The predicted octanol–water partition coefficient (Wildman–Crippen LogP) is 3.55. The molecule has 1 aliphatic heterocycles. The first-order valence-corrected chi connectivity index (χ1v) is 9.57. The van der Waals surface area contributed by atoms with Crippen LogP contribution in [-0.2, 0) is 16.0 Å². The Hall–Kier alpha value is -3.42. The van der Waals surface area contributed by atoms with E-state index in [4.69, 9.17) is 4.74 Å². The molecule has 29 heavy (non-hydrogen) atoms. The number of esters is 1. The van der Waals surface area contributed by atoms with Crippen LogP contribution in [0.2, 0.25) is 0 Å². The number of carbonyl (C=O) groups is 2. The SMILES string of the molecule is CCc1cccc(NC(=O)COC(=O)c2cc([N+](=O)[O-])ccc2N2CCCC2)c1. The maximum atomic E-state index is 12.6. The third-order valence-corrected chi connectivity index (χ3v) is 4.81. The maximum Gasteiger partial charge on any atom is 0.341 e. The van der Waals surface area contributed by atoms with Gasteiger partial charge in [0.05, 0.1) is 16.2 Å². The van der Waals surface area contributed by atoms with Gasteiger partial charge in [0.1, 0.15) is 0 Å². The van der Waals surface area contributed by atoms with Crippen molar-refractivity contribution in [2.24, 2.45) is 0 Å². The molecule has 0 bridgehead atoms. The molecule has 1 amide bonds. The first-order chi connectivity index (χ1) is 14.0. The number of nitrogens with one attached hydrogen (secondary N) is 1. The number of hydrogen-bond donors (Lipinski definition) is 1. The summed E-state index contributed by atoms with van der Waals surface area (Å²) < 4.78 is 5.15. The van der Waals surface area contributed by atoms with Gasteiger partial charge in [-0.1, -0.05) is 19.1 Å². The number of ether oxygens (including phenoxy) is 1. The molecular weight excluding hydrogens is 374 g/mol. The monoisotopic (exact) mass is 397 g/mol. The topological polar surface area (TPSA) is 102 Å². The molecule has 0 spiro atoms. The summed E-state index contributed by atoms with van der Waals surface area (Å²) in [5.74, 6) is -1.23. The fourth-order valence-electron chi connectivity index (χ4n) is 3.31. The van der Waals surface area contributed by atoms with Crippen molar-refractivity contribution in [3.8, 4) is 0 Å². The minimum Gasteiger partial charge on any atom is -0.452 e. The number of amides is 1. The Bertz CT molecular complexity index is 922. The second-order valence-corrected chi connectivity index (χ2v) is 6.83. The van der Waals surface area contributed by atoms with E-state index in [0.717, 1.165) is 37.9 Å². The predicted molar refractivity (Wildman–Crippen MR) is 109 cm³/mol. The Morgan fingerprint density at radius 3 is 2.62 bits per heavy atom. The molecule has 0 aromatic heterocycles. The van der Waals surface area contributed by atoms with Crippen LogP contribution in [-0.4, -0.2) is 36.5 Å². The molecule has 1 fully saturated rings. The van der Waals surface area contributed by atoms with Crippen LogP contribution in [0.15, 0.2) is 42.5 Å². The first kappa shape index (κ1) is 20.3. The number of rotatable bonds is 7. The summed E-state index contributed by atoms with van der Waals surface area (Å²) in [5.41, 5.74) is 2.20. The van der Waals surface area contributed by atoms with Crippen LogP contribution in [0.1, 0.15) is 35.7 Å². The van der Waals surface area contributed by atoms with Crippen molar-refractivity contribution in [2.75, 3.05) is 29.9 Å². The van der Waals surface area contributed by atoms with Gasteiger partial charge in [0.2, 0.25) is 0 Å². The van der Waals surface area contributed by atoms with Gasteiger partial charge < -0.3 is 15.0 Å². The summed E-state index contributed by atoms with van der Waals surface area (Å²) in [6.45, 7) is 3.08. The van der Waals surface area contributed by atoms with Crippen LogP contribution < -0.4 is 10.2 Å². The molecule has 0 atom stereocenters. The molecule has 8 nitrogen and oxygen atoms in total. The molecule has 3 rings (SSSR count).